The van der Waals surface area contributed by atoms with E-state index in [-0.39, 0.29) is 37.0 Å². The first kappa shape index (κ1) is 14.1. The molecular formula is C10H16N4O4. The number of hydrogen-bond donors (Lipinski definition) is 1. The van der Waals surface area contributed by atoms with Crippen molar-refractivity contribution in [2.24, 2.45) is 0 Å². The van der Waals surface area contributed by atoms with Crippen LogP contribution < -0.4 is 0 Å². The summed E-state index contributed by atoms with van der Waals surface area (Å²) in [6, 6.07) is 0. The molecule has 0 spiro atoms. The average Bonchev–Trinajstić information content (AvgIpc) is 2.54. The van der Waals surface area contributed by atoms with E-state index in [1.54, 1.807) is 14.0 Å². The van der Waals surface area contributed by atoms with Crippen LogP contribution in [-0.4, -0.2) is 50.8 Å². The molecule has 0 aromatic carbocycles. The standard InChI is InChI=1S/C10H16N4O4/c1-7-10(14(17)18)8(2)13(11-7)6-9(16)12(3)4-5-15/h15H,4-6H2,1-3H3. The summed E-state index contributed by atoms with van der Waals surface area (Å²) in [6.45, 7) is 3.11. The largest absolute Gasteiger partial charge is 0.395 e. The molecule has 1 aromatic rings. The highest BCUT2D eigenvalue weighted by Crippen LogP contribution is 2.21. The van der Waals surface area contributed by atoms with Gasteiger partial charge in [0, 0.05) is 13.6 Å². The van der Waals surface area contributed by atoms with Gasteiger partial charge in [-0.05, 0) is 13.8 Å². The quantitative estimate of drug-likeness (QED) is 0.583. The number of nitrogens with zero attached hydrogens (tertiary/aromatic N) is 4. The molecule has 1 rings (SSSR count). The van der Waals surface area contributed by atoms with Gasteiger partial charge in [0.2, 0.25) is 5.91 Å². The molecule has 8 heteroatoms. The molecule has 0 saturated carbocycles. The van der Waals surface area contributed by atoms with Crippen molar-refractivity contribution >= 4 is 11.6 Å². The Morgan fingerprint density at radius 1 is 1.56 bits per heavy atom. The first-order valence-electron chi connectivity index (χ1n) is 5.41. The molecule has 0 unspecified atom stereocenters. The summed E-state index contributed by atoms with van der Waals surface area (Å²) in [5, 5.41) is 23.5. The number of aliphatic hydroxyl groups is 1. The van der Waals surface area contributed by atoms with Crippen LogP contribution in [0, 0.1) is 24.0 Å². The van der Waals surface area contributed by atoms with E-state index < -0.39 is 4.92 Å². The summed E-state index contributed by atoms with van der Waals surface area (Å²) in [5.74, 6) is -0.260. The van der Waals surface area contributed by atoms with Gasteiger partial charge in [-0.15, -0.1) is 0 Å². The normalized spacial score (nSPS) is 10.4. The van der Waals surface area contributed by atoms with Crippen LogP contribution in [-0.2, 0) is 11.3 Å². The van der Waals surface area contributed by atoms with Crippen molar-refractivity contribution in [3.8, 4) is 0 Å². The first-order chi connectivity index (χ1) is 8.38. The van der Waals surface area contributed by atoms with Crippen molar-refractivity contribution in [3.05, 3.63) is 21.5 Å². The smallest absolute Gasteiger partial charge is 0.312 e. The molecule has 0 fully saturated rings. The third-order valence-corrected chi connectivity index (χ3v) is 2.67. The fourth-order valence-corrected chi connectivity index (χ4v) is 1.63. The second-order valence-electron chi connectivity index (χ2n) is 3.97. The summed E-state index contributed by atoms with van der Waals surface area (Å²) in [7, 11) is 1.55. The average molecular weight is 256 g/mol. The number of nitro groups is 1. The second-order valence-corrected chi connectivity index (χ2v) is 3.97. The predicted molar refractivity (Wildman–Crippen MR) is 63.1 cm³/mol. The molecule has 1 heterocycles. The zero-order valence-electron chi connectivity index (χ0n) is 10.6. The molecule has 1 amide bonds. The monoisotopic (exact) mass is 256 g/mol. The molecule has 1 N–H and O–H groups in total. The van der Waals surface area contributed by atoms with Crippen molar-refractivity contribution < 1.29 is 14.8 Å². The van der Waals surface area contributed by atoms with Crippen LogP contribution in [0.1, 0.15) is 11.4 Å². The molecule has 0 aliphatic heterocycles. The van der Waals surface area contributed by atoms with Gasteiger partial charge in [-0.25, -0.2) is 0 Å². The lowest BCUT2D eigenvalue weighted by Crippen LogP contribution is -2.33. The molecule has 0 radical (unpaired) electrons. The highest BCUT2D eigenvalue weighted by atomic mass is 16.6. The van der Waals surface area contributed by atoms with E-state index in [0.717, 1.165) is 0 Å². The molecule has 1 aromatic heterocycles. The minimum atomic E-state index is -0.504. The van der Waals surface area contributed by atoms with Crippen LogP contribution in [0.15, 0.2) is 0 Å². The molecule has 100 valence electrons. The van der Waals surface area contributed by atoms with Crippen molar-refractivity contribution in [1.82, 2.24) is 14.7 Å². The van der Waals surface area contributed by atoms with Gasteiger partial charge in [-0.2, -0.15) is 5.10 Å². The van der Waals surface area contributed by atoms with E-state index >= 15 is 0 Å². The Kier molecular flexibility index (Phi) is 4.38. The van der Waals surface area contributed by atoms with Crippen LogP contribution in [0.2, 0.25) is 0 Å². The van der Waals surface area contributed by atoms with E-state index in [2.05, 4.69) is 5.10 Å². The minimum Gasteiger partial charge on any atom is -0.395 e. The Labute approximate surface area is 104 Å². The molecule has 8 nitrogen and oxygen atoms in total. The van der Waals surface area contributed by atoms with Crippen molar-refractivity contribution in [2.45, 2.75) is 20.4 Å². The zero-order valence-corrected chi connectivity index (χ0v) is 10.6. The second kappa shape index (κ2) is 5.58. The Morgan fingerprint density at radius 3 is 2.61 bits per heavy atom. The Morgan fingerprint density at radius 2 is 2.17 bits per heavy atom. The predicted octanol–water partition coefficient (Wildman–Crippen LogP) is -0.141. The molecular weight excluding hydrogens is 240 g/mol. The first-order valence-corrected chi connectivity index (χ1v) is 5.41. The number of aromatic nitrogens is 2. The van der Waals surface area contributed by atoms with Crippen LogP contribution >= 0.6 is 0 Å². The maximum Gasteiger partial charge on any atom is 0.312 e. The number of aryl methyl sites for hydroxylation is 1. The number of amides is 1. The molecule has 18 heavy (non-hydrogen) atoms. The van der Waals surface area contributed by atoms with Gasteiger partial charge in [0.15, 0.2) is 0 Å². The summed E-state index contributed by atoms with van der Waals surface area (Å²) < 4.78 is 1.31. The van der Waals surface area contributed by atoms with Gasteiger partial charge in [0.05, 0.1) is 11.5 Å². The van der Waals surface area contributed by atoms with E-state index in [0.29, 0.717) is 5.69 Å². The van der Waals surface area contributed by atoms with Crippen molar-refractivity contribution in [3.63, 3.8) is 0 Å². The fourth-order valence-electron chi connectivity index (χ4n) is 1.63. The zero-order chi connectivity index (χ0) is 13.9. The topological polar surface area (TPSA) is 102 Å². The summed E-state index contributed by atoms with van der Waals surface area (Å²) in [6.07, 6.45) is 0. The highest BCUT2D eigenvalue weighted by Gasteiger charge is 2.23. The summed E-state index contributed by atoms with van der Waals surface area (Å²) in [5.41, 5.74) is 0.575. The Bertz CT molecular complexity index is 469. The number of carbonyl (C=O) groups excluding carboxylic acids is 1. The molecule has 0 aliphatic carbocycles. The van der Waals surface area contributed by atoms with E-state index in [4.69, 9.17) is 5.11 Å². The molecule has 0 saturated heterocycles. The summed E-state index contributed by atoms with van der Waals surface area (Å²) >= 11 is 0. The van der Waals surface area contributed by atoms with Gasteiger partial charge in [0.25, 0.3) is 0 Å². The number of hydrogen-bond acceptors (Lipinski definition) is 5. The molecule has 0 atom stereocenters. The lowest BCUT2D eigenvalue weighted by atomic mass is 10.3. The van der Waals surface area contributed by atoms with Crippen LogP contribution in [0.4, 0.5) is 5.69 Å². The lowest BCUT2D eigenvalue weighted by molar-refractivity contribution is -0.386. The van der Waals surface area contributed by atoms with Gasteiger partial charge >= 0.3 is 5.69 Å². The maximum absolute atomic E-state index is 11.7. The third-order valence-electron chi connectivity index (χ3n) is 2.67. The number of carbonyl (C=O) groups is 1. The fraction of sp³-hybridized carbons (Fsp3) is 0.600. The molecule has 0 bridgehead atoms. The van der Waals surface area contributed by atoms with E-state index in [1.165, 1.54) is 16.5 Å². The SMILES string of the molecule is Cc1nn(CC(=O)N(C)CCO)c(C)c1[N+](=O)[O-]. The summed E-state index contributed by atoms with van der Waals surface area (Å²) in [4.78, 5) is 23.4. The van der Waals surface area contributed by atoms with Crippen molar-refractivity contribution in [2.75, 3.05) is 20.2 Å². The van der Waals surface area contributed by atoms with Crippen molar-refractivity contribution in [1.29, 1.82) is 0 Å². The van der Waals surface area contributed by atoms with Crippen LogP contribution in [0.5, 0.6) is 0 Å². The maximum atomic E-state index is 11.7. The van der Waals surface area contributed by atoms with Gasteiger partial charge in [-0.1, -0.05) is 0 Å². The molecule has 0 aliphatic rings. The van der Waals surface area contributed by atoms with E-state index in [1.807, 2.05) is 0 Å². The van der Waals surface area contributed by atoms with Gasteiger partial charge < -0.3 is 10.0 Å². The van der Waals surface area contributed by atoms with Gasteiger partial charge in [-0.3, -0.25) is 19.6 Å². The number of aliphatic hydroxyl groups excluding tert-OH is 1. The lowest BCUT2D eigenvalue weighted by Gasteiger charge is -2.15. The Balaban J connectivity index is 2.89. The Hall–Kier alpha value is -1.96. The van der Waals surface area contributed by atoms with E-state index in [9.17, 15) is 14.9 Å². The highest BCUT2D eigenvalue weighted by molar-refractivity contribution is 5.75. The number of rotatable bonds is 5. The van der Waals surface area contributed by atoms with Crippen LogP contribution in [0.25, 0.3) is 0 Å². The third kappa shape index (κ3) is 2.83. The number of likely N-dealkylation sites (N-methyl/N-ethyl adjacent to an activating group) is 1. The van der Waals surface area contributed by atoms with Crippen LogP contribution in [0.3, 0.4) is 0 Å². The minimum absolute atomic E-state index is 0.0624. The van der Waals surface area contributed by atoms with Gasteiger partial charge in [0.1, 0.15) is 17.9 Å².